The average Bonchev–Trinajstić information content (AvgIpc) is 2.44. The summed E-state index contributed by atoms with van der Waals surface area (Å²) in [6.45, 7) is 11.5. The van der Waals surface area contributed by atoms with E-state index >= 15 is 0 Å². The predicted octanol–water partition coefficient (Wildman–Crippen LogP) is 2.67. The third kappa shape index (κ3) is 3.02. The minimum Gasteiger partial charge on any atom is -0.477 e. The standard InChI is InChI=1S/C12H19NO3/c1-6-7-10-8-15-9(2)13(10)11(14)16-12(3,4)5/h6-7,10H,2,8H2,1,3-5H3/b7-6-/t10-/m1/s1. The van der Waals surface area contributed by atoms with Gasteiger partial charge in [0.15, 0.2) is 5.88 Å². The Bertz CT molecular complexity index is 315. The van der Waals surface area contributed by atoms with Crippen LogP contribution in [0.3, 0.4) is 0 Å². The Labute approximate surface area is 96.5 Å². The molecule has 1 amide bonds. The van der Waals surface area contributed by atoms with Crippen LogP contribution in [0.15, 0.2) is 24.6 Å². The topological polar surface area (TPSA) is 38.8 Å². The molecule has 0 aliphatic carbocycles. The molecule has 0 aromatic rings. The molecule has 4 heteroatoms. The largest absolute Gasteiger partial charge is 0.477 e. The first-order valence-electron chi connectivity index (χ1n) is 5.32. The molecule has 0 radical (unpaired) electrons. The summed E-state index contributed by atoms with van der Waals surface area (Å²) < 4.78 is 10.5. The number of amides is 1. The van der Waals surface area contributed by atoms with Gasteiger partial charge in [0.2, 0.25) is 0 Å². The Morgan fingerprint density at radius 2 is 2.25 bits per heavy atom. The molecule has 4 nitrogen and oxygen atoms in total. The van der Waals surface area contributed by atoms with E-state index in [-0.39, 0.29) is 6.04 Å². The Morgan fingerprint density at radius 3 is 2.75 bits per heavy atom. The first kappa shape index (κ1) is 12.6. The molecule has 0 aromatic carbocycles. The summed E-state index contributed by atoms with van der Waals surface area (Å²) in [6, 6.07) is -0.118. The van der Waals surface area contributed by atoms with Crippen LogP contribution in [0.1, 0.15) is 27.7 Å². The molecule has 0 aromatic heterocycles. The molecule has 16 heavy (non-hydrogen) atoms. The second kappa shape index (κ2) is 4.60. The fourth-order valence-electron chi connectivity index (χ4n) is 1.42. The highest BCUT2D eigenvalue weighted by Gasteiger charge is 2.34. The molecule has 0 N–H and O–H groups in total. The quantitative estimate of drug-likeness (QED) is 0.644. The molecule has 90 valence electrons. The van der Waals surface area contributed by atoms with Crippen molar-refractivity contribution >= 4 is 6.09 Å². The number of carbonyl (C=O) groups is 1. The van der Waals surface area contributed by atoms with Crippen LogP contribution in [0.2, 0.25) is 0 Å². The summed E-state index contributed by atoms with van der Waals surface area (Å²) in [7, 11) is 0. The van der Waals surface area contributed by atoms with E-state index in [0.717, 1.165) is 0 Å². The lowest BCUT2D eigenvalue weighted by Crippen LogP contribution is -2.38. The van der Waals surface area contributed by atoms with E-state index in [1.54, 1.807) is 0 Å². The number of carbonyl (C=O) groups excluding carboxylic acids is 1. The van der Waals surface area contributed by atoms with Gasteiger partial charge >= 0.3 is 6.09 Å². The van der Waals surface area contributed by atoms with Crippen molar-refractivity contribution in [1.29, 1.82) is 0 Å². The number of rotatable bonds is 1. The number of allylic oxidation sites excluding steroid dienone is 1. The number of hydrogen-bond donors (Lipinski definition) is 0. The summed E-state index contributed by atoms with van der Waals surface area (Å²) in [5.74, 6) is 0.345. The van der Waals surface area contributed by atoms with Crippen molar-refractivity contribution in [1.82, 2.24) is 4.90 Å². The molecule has 1 rings (SSSR count). The fourth-order valence-corrected chi connectivity index (χ4v) is 1.42. The first-order valence-corrected chi connectivity index (χ1v) is 5.32. The van der Waals surface area contributed by atoms with Crippen molar-refractivity contribution < 1.29 is 14.3 Å². The van der Waals surface area contributed by atoms with Crippen LogP contribution in [-0.2, 0) is 9.47 Å². The molecule has 1 aliphatic heterocycles. The van der Waals surface area contributed by atoms with Gasteiger partial charge in [0.05, 0.1) is 6.04 Å². The normalized spacial score (nSPS) is 21.4. The molecule has 0 spiro atoms. The molecule has 1 atom stereocenters. The fraction of sp³-hybridized carbons (Fsp3) is 0.583. The van der Waals surface area contributed by atoms with Gasteiger partial charge in [-0.25, -0.2) is 9.69 Å². The highest BCUT2D eigenvalue weighted by Crippen LogP contribution is 2.23. The predicted molar refractivity (Wildman–Crippen MR) is 61.8 cm³/mol. The van der Waals surface area contributed by atoms with Gasteiger partial charge in [-0.3, -0.25) is 0 Å². The molecular weight excluding hydrogens is 206 g/mol. The van der Waals surface area contributed by atoms with Crippen LogP contribution < -0.4 is 0 Å². The van der Waals surface area contributed by atoms with Crippen LogP contribution in [0, 0.1) is 0 Å². The second-order valence-corrected chi connectivity index (χ2v) is 4.65. The smallest absolute Gasteiger partial charge is 0.417 e. The van der Waals surface area contributed by atoms with Gasteiger partial charge in [0.1, 0.15) is 12.2 Å². The minimum atomic E-state index is -0.513. The summed E-state index contributed by atoms with van der Waals surface area (Å²) in [5.41, 5.74) is -0.513. The van der Waals surface area contributed by atoms with Crippen molar-refractivity contribution in [3.63, 3.8) is 0 Å². The van der Waals surface area contributed by atoms with Gasteiger partial charge in [-0.15, -0.1) is 0 Å². The minimum absolute atomic E-state index is 0.118. The molecular formula is C12H19NO3. The zero-order valence-electron chi connectivity index (χ0n) is 10.3. The van der Waals surface area contributed by atoms with E-state index in [1.165, 1.54) is 4.90 Å². The molecule has 0 saturated carbocycles. The maximum atomic E-state index is 11.9. The van der Waals surface area contributed by atoms with Crippen molar-refractivity contribution in [2.24, 2.45) is 0 Å². The summed E-state index contributed by atoms with van der Waals surface area (Å²) >= 11 is 0. The average molecular weight is 225 g/mol. The van der Waals surface area contributed by atoms with E-state index < -0.39 is 11.7 Å². The van der Waals surface area contributed by atoms with Crippen LogP contribution in [0.4, 0.5) is 4.79 Å². The highest BCUT2D eigenvalue weighted by molar-refractivity contribution is 5.71. The summed E-state index contributed by atoms with van der Waals surface area (Å²) in [5, 5.41) is 0. The van der Waals surface area contributed by atoms with E-state index in [0.29, 0.717) is 12.5 Å². The Balaban J connectivity index is 2.76. The first-order chi connectivity index (χ1) is 7.35. The third-order valence-electron chi connectivity index (χ3n) is 2.03. The second-order valence-electron chi connectivity index (χ2n) is 4.65. The van der Waals surface area contributed by atoms with Gasteiger partial charge in [0, 0.05) is 0 Å². The lowest BCUT2D eigenvalue weighted by Gasteiger charge is -2.25. The van der Waals surface area contributed by atoms with Gasteiger partial charge in [-0.1, -0.05) is 12.2 Å². The molecule has 1 heterocycles. The van der Waals surface area contributed by atoms with Crippen molar-refractivity contribution in [2.45, 2.75) is 39.3 Å². The maximum absolute atomic E-state index is 11.9. The molecule has 1 saturated heterocycles. The maximum Gasteiger partial charge on any atom is 0.417 e. The Kier molecular flexibility index (Phi) is 3.62. The lowest BCUT2D eigenvalue weighted by atomic mass is 10.2. The van der Waals surface area contributed by atoms with Crippen LogP contribution in [0.5, 0.6) is 0 Å². The number of nitrogens with zero attached hydrogens (tertiary/aromatic N) is 1. The molecule has 1 aliphatic rings. The zero-order valence-corrected chi connectivity index (χ0v) is 10.3. The van der Waals surface area contributed by atoms with Gasteiger partial charge in [-0.2, -0.15) is 0 Å². The van der Waals surface area contributed by atoms with Crippen molar-refractivity contribution in [3.05, 3.63) is 24.6 Å². The van der Waals surface area contributed by atoms with Crippen LogP contribution in [0.25, 0.3) is 0 Å². The molecule has 0 unspecified atom stereocenters. The number of ether oxygens (including phenoxy) is 2. The van der Waals surface area contributed by atoms with E-state index in [9.17, 15) is 4.79 Å². The van der Waals surface area contributed by atoms with Crippen molar-refractivity contribution in [2.75, 3.05) is 6.61 Å². The van der Waals surface area contributed by atoms with Gasteiger partial charge < -0.3 is 9.47 Å². The monoisotopic (exact) mass is 225 g/mol. The summed E-state index contributed by atoms with van der Waals surface area (Å²) in [6.07, 6.45) is 3.35. The molecule has 1 fully saturated rings. The summed E-state index contributed by atoms with van der Waals surface area (Å²) in [4.78, 5) is 13.3. The Morgan fingerprint density at radius 1 is 1.62 bits per heavy atom. The number of hydrogen-bond acceptors (Lipinski definition) is 3. The zero-order chi connectivity index (χ0) is 12.3. The van der Waals surface area contributed by atoms with Crippen LogP contribution in [-0.4, -0.2) is 29.2 Å². The van der Waals surface area contributed by atoms with E-state index in [1.807, 2.05) is 39.8 Å². The lowest BCUT2D eigenvalue weighted by molar-refractivity contribution is 0.0289. The van der Waals surface area contributed by atoms with Gasteiger partial charge in [0.25, 0.3) is 0 Å². The third-order valence-corrected chi connectivity index (χ3v) is 2.03. The van der Waals surface area contributed by atoms with E-state index in [4.69, 9.17) is 9.47 Å². The SMILES string of the molecule is C=C1OC[C@@H](/C=C\C)N1C(=O)OC(C)(C)C. The van der Waals surface area contributed by atoms with E-state index in [2.05, 4.69) is 6.58 Å². The Hall–Kier alpha value is -1.45. The van der Waals surface area contributed by atoms with Crippen molar-refractivity contribution in [3.8, 4) is 0 Å². The highest BCUT2D eigenvalue weighted by atomic mass is 16.6. The molecule has 0 bridgehead atoms. The van der Waals surface area contributed by atoms with Gasteiger partial charge in [-0.05, 0) is 34.3 Å². The van der Waals surface area contributed by atoms with Crippen LogP contribution >= 0.6 is 0 Å².